The fourth-order valence-corrected chi connectivity index (χ4v) is 2.21. The summed E-state index contributed by atoms with van der Waals surface area (Å²) in [5.74, 6) is 0.936. The van der Waals surface area contributed by atoms with Gasteiger partial charge < -0.3 is 5.32 Å². The molecule has 1 aromatic heterocycles. The van der Waals surface area contributed by atoms with Crippen LogP contribution in [-0.2, 0) is 6.54 Å². The molecule has 0 spiro atoms. The highest BCUT2D eigenvalue weighted by Crippen LogP contribution is 2.11. The van der Waals surface area contributed by atoms with E-state index in [0.29, 0.717) is 0 Å². The summed E-state index contributed by atoms with van der Waals surface area (Å²) >= 11 is 0. The van der Waals surface area contributed by atoms with E-state index in [-0.39, 0.29) is 6.04 Å². The van der Waals surface area contributed by atoms with Crippen molar-refractivity contribution in [2.24, 2.45) is 0 Å². The Balaban J connectivity index is 2.11. The van der Waals surface area contributed by atoms with Gasteiger partial charge in [0.2, 0.25) is 0 Å². The van der Waals surface area contributed by atoms with Gasteiger partial charge >= 0.3 is 0 Å². The molecular formula is C14H29N5. The highest BCUT2D eigenvalue weighted by atomic mass is 15.5. The fraction of sp³-hybridized carbons (Fsp3) is 0.929. The molecule has 0 saturated carbocycles. The Morgan fingerprint density at radius 2 is 1.68 bits per heavy atom. The molecule has 1 atom stereocenters. The van der Waals surface area contributed by atoms with Crippen molar-refractivity contribution in [1.29, 1.82) is 0 Å². The Morgan fingerprint density at radius 3 is 2.32 bits per heavy atom. The van der Waals surface area contributed by atoms with E-state index in [9.17, 15) is 0 Å². The Bertz CT molecular complexity index is 323. The van der Waals surface area contributed by atoms with Crippen molar-refractivity contribution >= 4 is 0 Å². The molecule has 5 nitrogen and oxygen atoms in total. The lowest BCUT2D eigenvalue weighted by Crippen LogP contribution is -2.18. The smallest absolute Gasteiger partial charge is 0.167 e. The lowest BCUT2D eigenvalue weighted by molar-refractivity contribution is 0.475. The Kier molecular flexibility index (Phi) is 8.38. The van der Waals surface area contributed by atoms with Crippen LogP contribution in [0.15, 0.2) is 0 Å². The van der Waals surface area contributed by atoms with E-state index in [1.165, 1.54) is 51.4 Å². The maximum absolute atomic E-state index is 4.08. The van der Waals surface area contributed by atoms with Gasteiger partial charge in [0.1, 0.15) is 0 Å². The molecule has 0 saturated heterocycles. The zero-order chi connectivity index (χ0) is 13.9. The van der Waals surface area contributed by atoms with Crippen LogP contribution in [0.4, 0.5) is 0 Å². The zero-order valence-corrected chi connectivity index (χ0v) is 12.7. The van der Waals surface area contributed by atoms with Crippen molar-refractivity contribution in [3.8, 4) is 0 Å². The molecular weight excluding hydrogens is 238 g/mol. The maximum Gasteiger partial charge on any atom is 0.167 e. The minimum atomic E-state index is 0.212. The molecule has 0 fully saturated rings. The molecule has 19 heavy (non-hydrogen) atoms. The third-order valence-corrected chi connectivity index (χ3v) is 3.60. The monoisotopic (exact) mass is 267 g/mol. The lowest BCUT2D eigenvalue weighted by Gasteiger charge is -2.10. The summed E-state index contributed by atoms with van der Waals surface area (Å²) in [4.78, 5) is 0. The maximum atomic E-state index is 4.08. The highest BCUT2D eigenvalue weighted by Gasteiger charge is 2.11. The van der Waals surface area contributed by atoms with Crippen molar-refractivity contribution in [2.75, 3.05) is 7.05 Å². The molecule has 0 aliphatic heterocycles. The number of aromatic nitrogens is 4. The number of rotatable bonds is 11. The largest absolute Gasteiger partial charge is 0.311 e. The first kappa shape index (κ1) is 16.1. The van der Waals surface area contributed by atoms with E-state index >= 15 is 0 Å². The number of unbranched alkanes of at least 4 members (excludes halogenated alkanes) is 7. The van der Waals surface area contributed by atoms with Crippen LogP contribution in [0.1, 0.15) is 77.1 Å². The van der Waals surface area contributed by atoms with Gasteiger partial charge in [0, 0.05) is 6.54 Å². The van der Waals surface area contributed by atoms with Gasteiger partial charge in [-0.15, -0.1) is 5.10 Å². The summed E-state index contributed by atoms with van der Waals surface area (Å²) in [6.07, 6.45) is 10.6. The number of aryl methyl sites for hydroxylation is 1. The van der Waals surface area contributed by atoms with Crippen LogP contribution in [0.3, 0.4) is 0 Å². The van der Waals surface area contributed by atoms with Crippen LogP contribution >= 0.6 is 0 Å². The molecule has 5 heteroatoms. The number of hydrogen-bond acceptors (Lipinski definition) is 4. The zero-order valence-electron chi connectivity index (χ0n) is 12.7. The minimum absolute atomic E-state index is 0.212. The minimum Gasteiger partial charge on any atom is -0.311 e. The first-order valence-electron chi connectivity index (χ1n) is 7.73. The van der Waals surface area contributed by atoms with Gasteiger partial charge in [-0.25, -0.2) is 4.68 Å². The quantitative estimate of drug-likeness (QED) is 0.626. The van der Waals surface area contributed by atoms with Crippen molar-refractivity contribution in [3.63, 3.8) is 0 Å². The van der Waals surface area contributed by atoms with E-state index in [1.807, 2.05) is 11.7 Å². The summed E-state index contributed by atoms with van der Waals surface area (Å²) in [6, 6.07) is 0.212. The number of hydrogen-bond donors (Lipinski definition) is 1. The molecule has 1 N–H and O–H groups in total. The van der Waals surface area contributed by atoms with E-state index in [0.717, 1.165) is 12.4 Å². The van der Waals surface area contributed by atoms with Gasteiger partial charge in [0.25, 0.3) is 0 Å². The van der Waals surface area contributed by atoms with Crippen LogP contribution < -0.4 is 5.32 Å². The van der Waals surface area contributed by atoms with E-state index in [1.54, 1.807) is 0 Å². The topological polar surface area (TPSA) is 55.6 Å². The summed E-state index contributed by atoms with van der Waals surface area (Å²) in [7, 11) is 1.93. The number of nitrogens with one attached hydrogen (secondary N) is 1. The number of nitrogens with zero attached hydrogens (tertiary/aromatic N) is 4. The SMILES string of the molecule is CCCCCCCCCCn1nnnc1C(C)NC. The Hall–Kier alpha value is -0.970. The van der Waals surface area contributed by atoms with Gasteiger partial charge in [-0.2, -0.15) is 0 Å². The Labute approximate surface area is 117 Å². The molecule has 0 bridgehead atoms. The van der Waals surface area contributed by atoms with Crippen LogP contribution in [0, 0.1) is 0 Å². The molecule has 110 valence electrons. The van der Waals surface area contributed by atoms with Crippen LogP contribution in [-0.4, -0.2) is 27.3 Å². The van der Waals surface area contributed by atoms with Crippen molar-refractivity contribution < 1.29 is 0 Å². The molecule has 1 unspecified atom stereocenters. The molecule has 0 amide bonds. The first-order valence-corrected chi connectivity index (χ1v) is 7.73. The van der Waals surface area contributed by atoms with E-state index in [2.05, 4.69) is 34.7 Å². The predicted molar refractivity (Wildman–Crippen MR) is 77.9 cm³/mol. The molecule has 1 aromatic rings. The van der Waals surface area contributed by atoms with Gasteiger partial charge in [0.15, 0.2) is 5.82 Å². The lowest BCUT2D eigenvalue weighted by atomic mass is 10.1. The third-order valence-electron chi connectivity index (χ3n) is 3.60. The summed E-state index contributed by atoms with van der Waals surface area (Å²) in [5.41, 5.74) is 0. The second-order valence-corrected chi connectivity index (χ2v) is 5.25. The Morgan fingerprint density at radius 1 is 1.05 bits per heavy atom. The second kappa shape index (κ2) is 9.89. The third kappa shape index (κ3) is 6.14. The van der Waals surface area contributed by atoms with Gasteiger partial charge in [-0.05, 0) is 30.8 Å². The average molecular weight is 267 g/mol. The summed E-state index contributed by atoms with van der Waals surface area (Å²) in [6.45, 7) is 5.27. The highest BCUT2D eigenvalue weighted by molar-refractivity contribution is 4.88. The molecule has 1 heterocycles. The van der Waals surface area contributed by atoms with Gasteiger partial charge in [0.05, 0.1) is 6.04 Å². The molecule has 0 aliphatic rings. The van der Waals surface area contributed by atoms with Gasteiger partial charge in [-0.3, -0.25) is 0 Å². The molecule has 0 aliphatic carbocycles. The van der Waals surface area contributed by atoms with E-state index < -0.39 is 0 Å². The molecule has 0 aromatic carbocycles. The predicted octanol–water partition coefficient (Wildman–Crippen LogP) is 3.09. The number of tetrazole rings is 1. The summed E-state index contributed by atoms with van der Waals surface area (Å²) < 4.78 is 1.93. The molecule has 1 rings (SSSR count). The second-order valence-electron chi connectivity index (χ2n) is 5.25. The normalized spacial score (nSPS) is 12.8. The van der Waals surface area contributed by atoms with Crippen molar-refractivity contribution in [1.82, 2.24) is 25.5 Å². The van der Waals surface area contributed by atoms with Crippen LogP contribution in [0.5, 0.6) is 0 Å². The van der Waals surface area contributed by atoms with Gasteiger partial charge in [-0.1, -0.05) is 51.9 Å². The average Bonchev–Trinajstić information content (AvgIpc) is 2.89. The van der Waals surface area contributed by atoms with E-state index in [4.69, 9.17) is 0 Å². The summed E-state index contributed by atoms with van der Waals surface area (Å²) in [5, 5.41) is 15.1. The van der Waals surface area contributed by atoms with Crippen molar-refractivity contribution in [2.45, 2.75) is 77.8 Å². The standard InChI is InChI=1S/C14H29N5/c1-4-5-6-7-8-9-10-11-12-19-14(13(2)15-3)16-17-18-19/h13,15H,4-12H2,1-3H3. The van der Waals surface area contributed by atoms with Crippen molar-refractivity contribution in [3.05, 3.63) is 5.82 Å². The fourth-order valence-electron chi connectivity index (χ4n) is 2.21. The first-order chi connectivity index (χ1) is 9.29. The van der Waals surface area contributed by atoms with Crippen LogP contribution in [0.25, 0.3) is 0 Å². The van der Waals surface area contributed by atoms with Crippen LogP contribution in [0.2, 0.25) is 0 Å². The molecule has 0 radical (unpaired) electrons.